The third-order valence-electron chi connectivity index (χ3n) is 6.32. The number of pyridine rings is 1. The van der Waals surface area contributed by atoms with E-state index in [1.54, 1.807) is 29.5 Å². The van der Waals surface area contributed by atoms with Gasteiger partial charge in [0.2, 0.25) is 0 Å². The molecule has 0 unspecified atom stereocenters. The van der Waals surface area contributed by atoms with E-state index in [0.717, 1.165) is 31.1 Å². The molecule has 31 heavy (non-hydrogen) atoms. The number of halogens is 3. The summed E-state index contributed by atoms with van der Waals surface area (Å²) in [5.41, 5.74) is 0.824. The summed E-state index contributed by atoms with van der Waals surface area (Å²) in [6.45, 7) is 0.182. The lowest BCUT2D eigenvalue weighted by molar-refractivity contribution is -0.215. The summed E-state index contributed by atoms with van der Waals surface area (Å²) >= 11 is 0. The third kappa shape index (κ3) is 3.89. The summed E-state index contributed by atoms with van der Waals surface area (Å²) in [5.74, 6) is -0.923. The zero-order valence-corrected chi connectivity index (χ0v) is 16.6. The summed E-state index contributed by atoms with van der Waals surface area (Å²) in [6.07, 6.45) is 5.54. The van der Waals surface area contributed by atoms with Gasteiger partial charge in [0.25, 0.3) is 5.91 Å². The summed E-state index contributed by atoms with van der Waals surface area (Å²) in [6, 6.07) is 1.96. The van der Waals surface area contributed by atoms with Crippen LogP contribution in [0.2, 0.25) is 0 Å². The molecule has 1 aliphatic carbocycles. The summed E-state index contributed by atoms with van der Waals surface area (Å²) in [7, 11) is 0. The molecule has 1 aliphatic heterocycles. The smallest absolute Gasteiger partial charge is 0.348 e. The van der Waals surface area contributed by atoms with Gasteiger partial charge in [-0.15, -0.1) is 0 Å². The van der Waals surface area contributed by atoms with E-state index in [0.29, 0.717) is 11.3 Å². The monoisotopic (exact) mass is 433 g/mol. The van der Waals surface area contributed by atoms with Crippen LogP contribution in [-0.2, 0) is 0 Å². The minimum absolute atomic E-state index is 0.0277. The second-order valence-electron chi connectivity index (χ2n) is 8.30. The topological polar surface area (TPSA) is 91.7 Å². The number of carbonyl (C=O) groups is 1. The lowest BCUT2D eigenvalue weighted by atomic mass is 9.86. The molecule has 1 saturated carbocycles. The number of likely N-dealkylation sites (tertiary alicyclic amines) is 1. The van der Waals surface area contributed by atoms with Crippen molar-refractivity contribution in [1.29, 1.82) is 0 Å². The van der Waals surface area contributed by atoms with Crippen LogP contribution >= 0.6 is 0 Å². The Morgan fingerprint density at radius 3 is 2.65 bits per heavy atom. The number of aromatic nitrogens is 5. The van der Waals surface area contributed by atoms with E-state index in [9.17, 15) is 18.0 Å². The highest BCUT2D eigenvalue weighted by Gasteiger charge is 2.48. The molecule has 2 N–H and O–H groups in total. The van der Waals surface area contributed by atoms with Crippen LogP contribution in [-0.4, -0.2) is 66.9 Å². The first kappa shape index (κ1) is 20.0. The van der Waals surface area contributed by atoms with Gasteiger partial charge in [0.15, 0.2) is 5.69 Å². The molecular formula is C20H22F3N7O. The number of alkyl halides is 3. The van der Waals surface area contributed by atoms with Crippen molar-refractivity contribution < 1.29 is 18.0 Å². The molecule has 0 atom stereocenters. The Hall–Kier alpha value is -2.95. The number of nitrogens with zero attached hydrogens (tertiary/aromatic N) is 5. The minimum atomic E-state index is -4.10. The molecule has 0 bridgehead atoms. The zero-order chi connectivity index (χ0) is 21.6. The SMILES string of the molecule is O=C(NC1CCC(N2CC(C(F)(F)F)C2)CC1)c1nc(-n2ccnc2)cc2cn[nH]c12. The summed E-state index contributed by atoms with van der Waals surface area (Å²) < 4.78 is 39.9. The number of aromatic amines is 1. The third-order valence-corrected chi connectivity index (χ3v) is 6.32. The number of imidazole rings is 1. The maximum Gasteiger partial charge on any atom is 0.394 e. The average Bonchev–Trinajstić information content (AvgIpc) is 3.38. The number of carbonyl (C=O) groups excluding carboxylic acids is 1. The molecule has 1 saturated heterocycles. The number of nitrogens with one attached hydrogen (secondary N) is 2. The fourth-order valence-electron chi connectivity index (χ4n) is 4.48. The van der Waals surface area contributed by atoms with Gasteiger partial charge in [-0.3, -0.25) is 19.4 Å². The summed E-state index contributed by atoms with van der Waals surface area (Å²) in [5, 5.41) is 10.7. The van der Waals surface area contributed by atoms with Gasteiger partial charge in [-0.25, -0.2) is 9.97 Å². The second kappa shape index (κ2) is 7.63. The quantitative estimate of drug-likeness (QED) is 0.660. The molecule has 2 fully saturated rings. The van der Waals surface area contributed by atoms with Crippen LogP contribution < -0.4 is 5.32 Å². The first-order valence-corrected chi connectivity index (χ1v) is 10.3. The average molecular weight is 433 g/mol. The van der Waals surface area contributed by atoms with E-state index in [1.165, 1.54) is 0 Å². The van der Waals surface area contributed by atoms with Crippen LogP contribution in [0, 0.1) is 5.92 Å². The highest BCUT2D eigenvalue weighted by atomic mass is 19.4. The Morgan fingerprint density at radius 1 is 1.19 bits per heavy atom. The molecule has 2 aliphatic rings. The van der Waals surface area contributed by atoms with E-state index >= 15 is 0 Å². The molecular weight excluding hydrogens is 411 g/mol. The van der Waals surface area contributed by atoms with Gasteiger partial charge in [-0.1, -0.05) is 0 Å². The van der Waals surface area contributed by atoms with E-state index in [2.05, 4.69) is 25.5 Å². The lowest BCUT2D eigenvalue weighted by Crippen LogP contribution is -2.58. The molecule has 0 radical (unpaired) electrons. The summed E-state index contributed by atoms with van der Waals surface area (Å²) in [4.78, 5) is 23.4. The van der Waals surface area contributed by atoms with E-state index in [1.807, 2.05) is 11.0 Å². The highest BCUT2D eigenvalue weighted by molar-refractivity contribution is 6.04. The van der Waals surface area contributed by atoms with Gasteiger partial charge in [-0.2, -0.15) is 18.3 Å². The maximum absolute atomic E-state index is 13.0. The van der Waals surface area contributed by atoms with E-state index in [-0.39, 0.29) is 36.8 Å². The maximum atomic E-state index is 13.0. The predicted molar refractivity (Wildman–Crippen MR) is 106 cm³/mol. The van der Waals surface area contributed by atoms with E-state index in [4.69, 9.17) is 0 Å². The van der Waals surface area contributed by atoms with Crippen molar-refractivity contribution in [3.8, 4) is 5.82 Å². The van der Waals surface area contributed by atoms with Crippen molar-refractivity contribution in [1.82, 2.24) is 34.9 Å². The van der Waals surface area contributed by atoms with Crippen LogP contribution in [0.5, 0.6) is 0 Å². The fraction of sp³-hybridized carbons (Fsp3) is 0.500. The molecule has 1 amide bonds. The highest BCUT2D eigenvalue weighted by Crippen LogP contribution is 2.37. The number of hydrogen-bond acceptors (Lipinski definition) is 5. The number of hydrogen-bond donors (Lipinski definition) is 2. The number of H-pyrrole nitrogens is 1. The fourth-order valence-corrected chi connectivity index (χ4v) is 4.48. The zero-order valence-electron chi connectivity index (χ0n) is 16.6. The Kier molecular flexibility index (Phi) is 4.92. The van der Waals surface area contributed by atoms with Crippen molar-refractivity contribution in [2.45, 2.75) is 43.9 Å². The van der Waals surface area contributed by atoms with Gasteiger partial charge < -0.3 is 5.32 Å². The number of rotatable bonds is 4. The molecule has 0 aromatic carbocycles. The van der Waals surface area contributed by atoms with Gasteiger partial charge in [-0.05, 0) is 31.7 Å². The van der Waals surface area contributed by atoms with Crippen LogP contribution in [0.15, 0.2) is 31.0 Å². The molecule has 5 rings (SSSR count). The molecule has 3 aromatic heterocycles. The number of amides is 1. The molecule has 4 heterocycles. The minimum Gasteiger partial charge on any atom is -0.348 e. The van der Waals surface area contributed by atoms with Crippen LogP contribution in [0.4, 0.5) is 13.2 Å². The first-order valence-electron chi connectivity index (χ1n) is 10.3. The second-order valence-corrected chi connectivity index (χ2v) is 8.30. The van der Waals surface area contributed by atoms with Gasteiger partial charge in [0.1, 0.15) is 12.1 Å². The van der Waals surface area contributed by atoms with E-state index < -0.39 is 12.1 Å². The lowest BCUT2D eigenvalue weighted by Gasteiger charge is -2.47. The number of fused-ring (bicyclic) bond motifs is 1. The Bertz CT molecular complexity index is 1060. The molecule has 3 aromatic rings. The van der Waals surface area contributed by atoms with Gasteiger partial charge in [0.05, 0.1) is 17.6 Å². The Balaban J connectivity index is 1.23. The first-order chi connectivity index (χ1) is 14.9. The van der Waals surface area contributed by atoms with Crippen LogP contribution in [0.3, 0.4) is 0 Å². The van der Waals surface area contributed by atoms with Crippen molar-refractivity contribution in [3.05, 3.63) is 36.7 Å². The van der Waals surface area contributed by atoms with Crippen molar-refractivity contribution in [2.24, 2.45) is 5.92 Å². The Labute approximate surface area is 175 Å². The largest absolute Gasteiger partial charge is 0.394 e. The molecule has 0 spiro atoms. The normalized spacial score (nSPS) is 23.1. The predicted octanol–water partition coefficient (Wildman–Crippen LogP) is 2.68. The van der Waals surface area contributed by atoms with Crippen molar-refractivity contribution in [2.75, 3.05) is 13.1 Å². The van der Waals surface area contributed by atoms with Crippen molar-refractivity contribution >= 4 is 16.8 Å². The molecule has 8 nitrogen and oxygen atoms in total. The Morgan fingerprint density at radius 2 is 1.97 bits per heavy atom. The van der Waals surface area contributed by atoms with Gasteiger partial charge >= 0.3 is 6.18 Å². The molecule has 11 heteroatoms. The van der Waals surface area contributed by atoms with Crippen molar-refractivity contribution in [3.63, 3.8) is 0 Å². The van der Waals surface area contributed by atoms with Gasteiger partial charge in [0, 0.05) is 43.0 Å². The standard InChI is InChI=1S/C20H22F3N7O/c21-20(22,23)13-9-30(10-13)15-3-1-14(2-4-15)26-19(31)18-17-12(8-25-28-17)7-16(27-18)29-6-5-24-11-29/h5-8,11,13-15H,1-4,9-10H2,(H,25,28)(H,26,31). The molecule has 164 valence electrons. The van der Waals surface area contributed by atoms with Crippen LogP contribution in [0.1, 0.15) is 36.2 Å². The van der Waals surface area contributed by atoms with Crippen LogP contribution in [0.25, 0.3) is 16.7 Å².